The van der Waals surface area contributed by atoms with Gasteiger partial charge in [0.25, 0.3) is 0 Å². The average Bonchev–Trinajstić information content (AvgIpc) is 2.58. The van der Waals surface area contributed by atoms with Gasteiger partial charge in [0.05, 0.1) is 5.39 Å². The molecular formula is C22H22O4. The Kier molecular flexibility index (Phi) is 4.94. The summed E-state index contributed by atoms with van der Waals surface area (Å²) in [4.78, 5) is 24.2. The second kappa shape index (κ2) is 7.16. The highest BCUT2D eigenvalue weighted by atomic mass is 16.5. The Morgan fingerprint density at radius 2 is 1.85 bits per heavy atom. The molecule has 0 radical (unpaired) electrons. The SMILES string of the molecule is CC(=O)C(C)Oc1cc(C)cc2oc(=O)c(Cc3ccccc3)c(C)c12. The van der Waals surface area contributed by atoms with Crippen LogP contribution in [-0.2, 0) is 11.2 Å². The number of carbonyl (C=O) groups excluding carboxylic acids is 1. The van der Waals surface area contributed by atoms with Crippen LogP contribution in [0.3, 0.4) is 0 Å². The van der Waals surface area contributed by atoms with Crippen molar-refractivity contribution in [3.63, 3.8) is 0 Å². The van der Waals surface area contributed by atoms with Crippen LogP contribution in [0.1, 0.15) is 36.1 Å². The van der Waals surface area contributed by atoms with E-state index >= 15 is 0 Å². The molecule has 0 fully saturated rings. The normalized spacial score (nSPS) is 12.2. The van der Waals surface area contributed by atoms with E-state index in [9.17, 15) is 9.59 Å². The van der Waals surface area contributed by atoms with E-state index in [1.807, 2.05) is 56.3 Å². The molecule has 0 spiro atoms. The van der Waals surface area contributed by atoms with Gasteiger partial charge in [0.1, 0.15) is 11.3 Å². The lowest BCUT2D eigenvalue weighted by molar-refractivity contribution is -0.122. The number of rotatable bonds is 5. The quantitative estimate of drug-likeness (QED) is 0.642. The number of hydrogen-bond acceptors (Lipinski definition) is 4. The predicted molar refractivity (Wildman–Crippen MR) is 102 cm³/mol. The molecule has 1 aromatic heterocycles. The minimum Gasteiger partial charge on any atom is -0.482 e. The zero-order valence-electron chi connectivity index (χ0n) is 15.5. The highest BCUT2D eigenvalue weighted by Crippen LogP contribution is 2.32. The van der Waals surface area contributed by atoms with Crippen LogP contribution >= 0.6 is 0 Å². The summed E-state index contributed by atoms with van der Waals surface area (Å²) in [5.74, 6) is 0.512. The molecule has 4 nitrogen and oxygen atoms in total. The Bertz CT molecular complexity index is 1020. The summed E-state index contributed by atoms with van der Waals surface area (Å²) in [6.07, 6.45) is -0.0792. The van der Waals surface area contributed by atoms with E-state index in [1.54, 1.807) is 6.92 Å². The number of ketones is 1. The maximum absolute atomic E-state index is 12.5. The van der Waals surface area contributed by atoms with Gasteiger partial charge < -0.3 is 9.15 Å². The van der Waals surface area contributed by atoms with Crippen molar-refractivity contribution >= 4 is 16.8 Å². The molecule has 1 atom stereocenters. The molecule has 0 bridgehead atoms. The molecule has 134 valence electrons. The van der Waals surface area contributed by atoms with E-state index in [0.717, 1.165) is 22.1 Å². The average molecular weight is 350 g/mol. The molecule has 4 heteroatoms. The predicted octanol–water partition coefficient (Wildman–Crippen LogP) is 4.36. The number of carbonyl (C=O) groups is 1. The van der Waals surface area contributed by atoms with Crippen LogP contribution in [-0.4, -0.2) is 11.9 Å². The fraction of sp³-hybridized carbons (Fsp3) is 0.273. The molecule has 26 heavy (non-hydrogen) atoms. The maximum atomic E-state index is 12.5. The molecule has 0 amide bonds. The number of hydrogen-bond donors (Lipinski definition) is 0. The van der Waals surface area contributed by atoms with E-state index in [0.29, 0.717) is 23.3 Å². The van der Waals surface area contributed by atoms with E-state index in [2.05, 4.69) is 0 Å². The molecule has 0 aliphatic carbocycles. The van der Waals surface area contributed by atoms with Gasteiger partial charge in [0, 0.05) is 12.0 Å². The molecule has 3 aromatic rings. The summed E-state index contributed by atoms with van der Waals surface area (Å²) >= 11 is 0. The number of aryl methyl sites for hydroxylation is 2. The Morgan fingerprint density at radius 3 is 2.50 bits per heavy atom. The zero-order chi connectivity index (χ0) is 18.8. The molecule has 0 aliphatic heterocycles. The van der Waals surface area contributed by atoms with Crippen LogP contribution in [0, 0.1) is 13.8 Å². The lowest BCUT2D eigenvalue weighted by Crippen LogP contribution is -2.21. The summed E-state index contributed by atoms with van der Waals surface area (Å²) in [7, 11) is 0. The van der Waals surface area contributed by atoms with Crippen molar-refractivity contribution in [2.24, 2.45) is 0 Å². The monoisotopic (exact) mass is 350 g/mol. The van der Waals surface area contributed by atoms with Gasteiger partial charge in [-0.1, -0.05) is 30.3 Å². The second-order valence-electron chi connectivity index (χ2n) is 6.66. The van der Waals surface area contributed by atoms with E-state index < -0.39 is 6.10 Å². The Morgan fingerprint density at radius 1 is 1.15 bits per heavy atom. The van der Waals surface area contributed by atoms with Crippen molar-refractivity contribution < 1.29 is 13.9 Å². The maximum Gasteiger partial charge on any atom is 0.340 e. The van der Waals surface area contributed by atoms with Gasteiger partial charge in [-0.15, -0.1) is 0 Å². The van der Waals surface area contributed by atoms with Crippen molar-refractivity contribution in [3.05, 3.63) is 75.1 Å². The third kappa shape index (κ3) is 3.54. The van der Waals surface area contributed by atoms with Gasteiger partial charge in [-0.05, 0) is 56.5 Å². The van der Waals surface area contributed by atoms with Crippen molar-refractivity contribution in [2.45, 2.75) is 40.2 Å². The Hall–Kier alpha value is -2.88. The van der Waals surface area contributed by atoms with Gasteiger partial charge in [-0.2, -0.15) is 0 Å². The topological polar surface area (TPSA) is 56.5 Å². The van der Waals surface area contributed by atoms with Gasteiger partial charge >= 0.3 is 5.63 Å². The molecule has 0 saturated heterocycles. The van der Waals surface area contributed by atoms with Gasteiger partial charge in [-0.25, -0.2) is 4.79 Å². The summed E-state index contributed by atoms with van der Waals surface area (Å²) in [6, 6.07) is 13.5. The third-order valence-electron chi connectivity index (χ3n) is 4.59. The largest absolute Gasteiger partial charge is 0.482 e. The lowest BCUT2D eigenvalue weighted by atomic mass is 9.98. The van der Waals surface area contributed by atoms with Crippen molar-refractivity contribution in [1.29, 1.82) is 0 Å². The first kappa shape index (κ1) is 17.9. The highest BCUT2D eigenvalue weighted by Gasteiger charge is 2.18. The Balaban J connectivity index is 2.18. The summed E-state index contributed by atoms with van der Waals surface area (Å²) < 4.78 is 11.5. The van der Waals surface area contributed by atoms with E-state index in [4.69, 9.17) is 9.15 Å². The molecule has 1 unspecified atom stereocenters. The molecule has 0 N–H and O–H groups in total. The molecule has 0 saturated carbocycles. The van der Waals surface area contributed by atoms with Gasteiger partial charge in [-0.3, -0.25) is 4.79 Å². The van der Waals surface area contributed by atoms with Crippen LogP contribution in [0.2, 0.25) is 0 Å². The van der Waals surface area contributed by atoms with Gasteiger partial charge in [0.2, 0.25) is 0 Å². The zero-order valence-corrected chi connectivity index (χ0v) is 15.5. The van der Waals surface area contributed by atoms with E-state index in [-0.39, 0.29) is 11.4 Å². The fourth-order valence-corrected chi connectivity index (χ4v) is 3.01. The fourth-order valence-electron chi connectivity index (χ4n) is 3.01. The first-order valence-electron chi connectivity index (χ1n) is 8.64. The van der Waals surface area contributed by atoms with Crippen molar-refractivity contribution in [2.75, 3.05) is 0 Å². The highest BCUT2D eigenvalue weighted by molar-refractivity contribution is 5.89. The third-order valence-corrected chi connectivity index (χ3v) is 4.59. The minimum absolute atomic E-state index is 0.0563. The number of ether oxygens (including phenoxy) is 1. The smallest absolute Gasteiger partial charge is 0.340 e. The van der Waals surface area contributed by atoms with Crippen molar-refractivity contribution in [3.8, 4) is 5.75 Å². The molecule has 3 rings (SSSR count). The number of fused-ring (bicyclic) bond motifs is 1. The number of benzene rings is 2. The van der Waals surface area contributed by atoms with Crippen LogP contribution in [0.15, 0.2) is 51.7 Å². The first-order valence-corrected chi connectivity index (χ1v) is 8.64. The molecule has 2 aromatic carbocycles. The lowest BCUT2D eigenvalue weighted by Gasteiger charge is -2.17. The summed E-state index contributed by atoms with van der Waals surface area (Å²) in [6.45, 7) is 7.02. The van der Waals surface area contributed by atoms with Crippen LogP contribution < -0.4 is 10.4 Å². The first-order chi connectivity index (χ1) is 12.4. The summed E-state index contributed by atoms with van der Waals surface area (Å²) in [5, 5.41) is 0.745. The Labute approximate surface area is 152 Å². The standard InChI is InChI=1S/C22H22O4/c1-13-10-19(25-16(4)15(3)23)21-14(2)18(22(24)26-20(21)11-13)12-17-8-6-5-7-9-17/h5-11,16H,12H2,1-4H3. The van der Waals surface area contributed by atoms with E-state index in [1.165, 1.54) is 6.92 Å². The second-order valence-corrected chi connectivity index (χ2v) is 6.66. The van der Waals surface area contributed by atoms with Crippen LogP contribution in [0.5, 0.6) is 5.75 Å². The van der Waals surface area contributed by atoms with Gasteiger partial charge in [0.15, 0.2) is 11.9 Å². The molecular weight excluding hydrogens is 328 g/mol. The van der Waals surface area contributed by atoms with Crippen LogP contribution in [0.25, 0.3) is 11.0 Å². The number of Topliss-reactive ketones (excluding diaryl/α,β-unsaturated/α-hetero) is 1. The van der Waals surface area contributed by atoms with Crippen LogP contribution in [0.4, 0.5) is 0 Å². The molecule has 1 heterocycles. The summed E-state index contributed by atoms with van der Waals surface area (Å²) in [5.41, 5.74) is 3.51. The minimum atomic E-state index is -0.566. The molecule has 0 aliphatic rings. The van der Waals surface area contributed by atoms with Crippen molar-refractivity contribution in [1.82, 2.24) is 0 Å².